The molecule has 1 aliphatic heterocycles. The van der Waals surface area contributed by atoms with E-state index in [0.29, 0.717) is 25.2 Å². The summed E-state index contributed by atoms with van der Waals surface area (Å²) in [6.45, 7) is 6.67. The highest BCUT2D eigenvalue weighted by Crippen LogP contribution is 2.26. The number of hydrogen-bond acceptors (Lipinski definition) is 5. The fourth-order valence-corrected chi connectivity index (χ4v) is 4.02. The van der Waals surface area contributed by atoms with Gasteiger partial charge in [-0.1, -0.05) is 6.07 Å². The van der Waals surface area contributed by atoms with E-state index in [0.717, 1.165) is 6.07 Å². The van der Waals surface area contributed by atoms with Gasteiger partial charge in [0.15, 0.2) is 0 Å². The molecule has 0 unspecified atom stereocenters. The molecule has 0 aromatic heterocycles. The number of aryl methyl sites for hydroxylation is 1. The van der Waals surface area contributed by atoms with Crippen molar-refractivity contribution in [3.63, 3.8) is 0 Å². The first kappa shape index (κ1) is 15.9. The maximum Gasteiger partial charge on any atom is 0.273 e. The number of piperazine rings is 1. The third kappa shape index (κ3) is 3.22. The monoisotopic (exact) mass is 313 g/mol. The van der Waals surface area contributed by atoms with Crippen LogP contribution in [0.3, 0.4) is 0 Å². The molecule has 0 bridgehead atoms. The summed E-state index contributed by atoms with van der Waals surface area (Å²) in [4.78, 5) is 10.4. The van der Waals surface area contributed by atoms with Crippen LogP contribution < -0.4 is 5.32 Å². The fourth-order valence-electron chi connectivity index (χ4n) is 2.40. The number of hydrogen-bond donors (Lipinski definition) is 1. The van der Waals surface area contributed by atoms with Crippen LogP contribution in [0.4, 0.5) is 5.69 Å². The smallest absolute Gasteiger partial charge is 0.273 e. The maximum absolute atomic E-state index is 12.6. The molecule has 1 aromatic rings. The standard InChI is InChI=1S/C13H19N3O4S/c1-10-4-5-11(8-12(10)16(17)18)21(19,20)15-7-6-14-13(2,3)9-15/h4-5,8,14H,6-7,9H2,1-3H3. The van der Waals surface area contributed by atoms with E-state index >= 15 is 0 Å². The van der Waals surface area contributed by atoms with Crippen LogP contribution in [0.15, 0.2) is 23.1 Å². The normalized spacial score (nSPS) is 19.4. The second kappa shape index (κ2) is 5.36. The van der Waals surface area contributed by atoms with Gasteiger partial charge in [-0.3, -0.25) is 10.1 Å². The van der Waals surface area contributed by atoms with Gasteiger partial charge in [0.05, 0.1) is 9.82 Å². The Morgan fingerprint density at radius 1 is 1.38 bits per heavy atom. The molecule has 1 N–H and O–H groups in total. The van der Waals surface area contributed by atoms with Crippen LogP contribution in [0.25, 0.3) is 0 Å². The van der Waals surface area contributed by atoms with Gasteiger partial charge in [-0.2, -0.15) is 4.31 Å². The van der Waals surface area contributed by atoms with Crippen LogP contribution >= 0.6 is 0 Å². The van der Waals surface area contributed by atoms with Crippen molar-refractivity contribution in [2.75, 3.05) is 19.6 Å². The number of nitrogens with one attached hydrogen (secondary N) is 1. The van der Waals surface area contributed by atoms with Gasteiger partial charge in [0.1, 0.15) is 0 Å². The van der Waals surface area contributed by atoms with E-state index in [2.05, 4.69) is 5.32 Å². The van der Waals surface area contributed by atoms with Crippen LogP contribution in [0.5, 0.6) is 0 Å². The quantitative estimate of drug-likeness (QED) is 0.670. The summed E-state index contributed by atoms with van der Waals surface area (Å²) in [6.07, 6.45) is 0. The third-order valence-electron chi connectivity index (χ3n) is 3.55. The van der Waals surface area contributed by atoms with Crippen molar-refractivity contribution in [1.29, 1.82) is 0 Å². The molecule has 1 heterocycles. The van der Waals surface area contributed by atoms with E-state index in [1.165, 1.54) is 16.4 Å². The van der Waals surface area contributed by atoms with Gasteiger partial charge in [0, 0.05) is 36.8 Å². The Hall–Kier alpha value is -1.51. The number of benzene rings is 1. The van der Waals surface area contributed by atoms with E-state index < -0.39 is 14.9 Å². The molecule has 1 aromatic carbocycles. The first-order valence-electron chi connectivity index (χ1n) is 6.64. The summed E-state index contributed by atoms with van der Waals surface area (Å²) < 4.78 is 26.6. The van der Waals surface area contributed by atoms with E-state index in [1.807, 2.05) is 13.8 Å². The Labute approximate surface area is 124 Å². The van der Waals surface area contributed by atoms with Gasteiger partial charge >= 0.3 is 0 Å². The van der Waals surface area contributed by atoms with Gasteiger partial charge in [-0.25, -0.2) is 8.42 Å². The van der Waals surface area contributed by atoms with E-state index in [4.69, 9.17) is 0 Å². The summed E-state index contributed by atoms with van der Waals surface area (Å²) in [7, 11) is -3.72. The highest BCUT2D eigenvalue weighted by Gasteiger charge is 2.34. The van der Waals surface area contributed by atoms with Crippen molar-refractivity contribution in [2.45, 2.75) is 31.2 Å². The second-order valence-corrected chi connectivity index (χ2v) is 7.79. The predicted octanol–water partition coefficient (Wildman–Crippen LogP) is 1.28. The maximum atomic E-state index is 12.6. The zero-order chi connectivity index (χ0) is 15.8. The highest BCUT2D eigenvalue weighted by atomic mass is 32.2. The minimum atomic E-state index is -3.72. The Kier molecular flexibility index (Phi) is 4.05. The molecule has 8 heteroatoms. The van der Waals surface area contributed by atoms with E-state index in [9.17, 15) is 18.5 Å². The van der Waals surface area contributed by atoms with Crippen molar-refractivity contribution < 1.29 is 13.3 Å². The number of nitrogens with zero attached hydrogens (tertiary/aromatic N) is 2. The Morgan fingerprint density at radius 2 is 2.05 bits per heavy atom. The zero-order valence-electron chi connectivity index (χ0n) is 12.3. The first-order chi connectivity index (χ1) is 9.63. The van der Waals surface area contributed by atoms with Crippen molar-refractivity contribution in [2.24, 2.45) is 0 Å². The number of nitro groups is 1. The fraction of sp³-hybridized carbons (Fsp3) is 0.538. The molecule has 1 saturated heterocycles. The molecule has 0 spiro atoms. The van der Waals surface area contributed by atoms with E-state index in [-0.39, 0.29) is 16.1 Å². The molecule has 1 fully saturated rings. The summed E-state index contributed by atoms with van der Waals surface area (Å²) in [6, 6.07) is 4.03. The van der Waals surface area contributed by atoms with E-state index in [1.54, 1.807) is 6.92 Å². The van der Waals surface area contributed by atoms with Crippen LogP contribution in [-0.2, 0) is 10.0 Å². The molecule has 0 atom stereocenters. The van der Waals surface area contributed by atoms with Gasteiger partial charge in [-0.15, -0.1) is 0 Å². The number of nitro benzene ring substituents is 1. The topological polar surface area (TPSA) is 92.6 Å². The van der Waals surface area contributed by atoms with Gasteiger partial charge < -0.3 is 5.32 Å². The van der Waals surface area contributed by atoms with Crippen LogP contribution in [0, 0.1) is 17.0 Å². The summed E-state index contributed by atoms with van der Waals surface area (Å²) in [5.74, 6) is 0. The lowest BCUT2D eigenvalue weighted by molar-refractivity contribution is -0.385. The Morgan fingerprint density at radius 3 is 2.62 bits per heavy atom. The lowest BCUT2D eigenvalue weighted by Crippen LogP contribution is -2.58. The summed E-state index contributed by atoms with van der Waals surface area (Å²) in [5.41, 5.74) is -0.0489. The van der Waals surface area contributed by atoms with Crippen LogP contribution in [-0.4, -0.2) is 42.8 Å². The van der Waals surface area contributed by atoms with Crippen LogP contribution in [0.1, 0.15) is 19.4 Å². The summed E-state index contributed by atoms with van der Waals surface area (Å²) in [5, 5.41) is 14.2. The Bertz CT molecular complexity index is 670. The van der Waals surface area contributed by atoms with Gasteiger partial charge in [0.2, 0.25) is 10.0 Å². The van der Waals surface area contributed by atoms with Gasteiger partial charge in [-0.05, 0) is 26.8 Å². The molecule has 0 amide bonds. The molecule has 0 saturated carbocycles. The zero-order valence-corrected chi connectivity index (χ0v) is 13.1. The lowest BCUT2D eigenvalue weighted by Gasteiger charge is -2.38. The number of rotatable bonds is 3. The highest BCUT2D eigenvalue weighted by molar-refractivity contribution is 7.89. The molecule has 1 aliphatic rings. The minimum Gasteiger partial charge on any atom is -0.309 e. The van der Waals surface area contributed by atoms with Crippen LogP contribution in [0.2, 0.25) is 0 Å². The largest absolute Gasteiger partial charge is 0.309 e. The molecule has 116 valence electrons. The van der Waals surface area contributed by atoms with Crippen molar-refractivity contribution in [3.05, 3.63) is 33.9 Å². The molecule has 7 nitrogen and oxygen atoms in total. The van der Waals surface area contributed by atoms with Crippen molar-refractivity contribution >= 4 is 15.7 Å². The first-order valence-corrected chi connectivity index (χ1v) is 8.08. The molecular weight excluding hydrogens is 294 g/mol. The Balaban J connectivity index is 2.40. The molecule has 0 radical (unpaired) electrons. The molecule has 2 rings (SSSR count). The summed E-state index contributed by atoms with van der Waals surface area (Å²) >= 11 is 0. The van der Waals surface area contributed by atoms with Crippen molar-refractivity contribution in [3.8, 4) is 0 Å². The number of sulfonamides is 1. The predicted molar refractivity (Wildman–Crippen MR) is 78.7 cm³/mol. The molecular formula is C13H19N3O4S. The van der Waals surface area contributed by atoms with Crippen molar-refractivity contribution in [1.82, 2.24) is 9.62 Å². The molecule has 0 aliphatic carbocycles. The third-order valence-corrected chi connectivity index (χ3v) is 5.39. The average molecular weight is 313 g/mol. The second-order valence-electron chi connectivity index (χ2n) is 5.85. The average Bonchev–Trinajstić information content (AvgIpc) is 2.37. The molecule has 21 heavy (non-hydrogen) atoms. The minimum absolute atomic E-state index is 0.0301. The SMILES string of the molecule is Cc1ccc(S(=O)(=O)N2CCNC(C)(C)C2)cc1[N+](=O)[O-]. The lowest BCUT2D eigenvalue weighted by atomic mass is 10.0. The van der Waals surface area contributed by atoms with Gasteiger partial charge in [0.25, 0.3) is 5.69 Å².